The first-order chi connectivity index (χ1) is 9.97. The Balaban J connectivity index is 2.03. The van der Waals surface area contributed by atoms with Gasteiger partial charge in [0, 0.05) is 4.47 Å². The first-order valence-electron chi connectivity index (χ1n) is 6.07. The lowest BCUT2D eigenvalue weighted by Gasteiger charge is -2.17. The van der Waals surface area contributed by atoms with Gasteiger partial charge in [-0.05, 0) is 45.8 Å². The van der Waals surface area contributed by atoms with Gasteiger partial charge in [-0.15, -0.1) is 0 Å². The number of rotatable bonds is 2. The lowest BCUT2D eigenvalue weighted by Crippen LogP contribution is -2.29. The molecule has 21 heavy (non-hydrogen) atoms. The molecule has 0 saturated carbocycles. The third kappa shape index (κ3) is 2.53. The molecule has 0 N–H and O–H groups in total. The van der Waals surface area contributed by atoms with Gasteiger partial charge in [0.05, 0.1) is 22.3 Å². The van der Waals surface area contributed by atoms with E-state index < -0.39 is 17.5 Å². The normalized spacial score (nSPS) is 13.8. The number of amides is 1. The number of benzene rings is 2. The Labute approximate surface area is 137 Å². The van der Waals surface area contributed by atoms with E-state index in [1.54, 1.807) is 0 Å². The second kappa shape index (κ2) is 5.35. The summed E-state index contributed by atoms with van der Waals surface area (Å²) in [5, 5.41) is 0. The van der Waals surface area contributed by atoms with Crippen LogP contribution < -0.4 is 4.90 Å². The molecule has 3 rings (SSSR count). The van der Waals surface area contributed by atoms with Gasteiger partial charge in [-0.25, -0.2) is 4.39 Å². The van der Waals surface area contributed by atoms with E-state index in [0.29, 0.717) is 5.69 Å². The van der Waals surface area contributed by atoms with Crippen LogP contribution in [-0.2, 0) is 11.3 Å². The molecule has 0 fully saturated rings. The first-order valence-corrected chi connectivity index (χ1v) is 7.65. The zero-order chi connectivity index (χ0) is 15.1. The number of carbonyl (C=O) groups excluding carboxylic acids is 2. The quantitative estimate of drug-likeness (QED) is 0.697. The Morgan fingerprint density at radius 1 is 1.10 bits per heavy atom. The van der Waals surface area contributed by atoms with Crippen molar-refractivity contribution in [3.05, 3.63) is 62.3 Å². The summed E-state index contributed by atoms with van der Waals surface area (Å²) in [6, 6.07) is 9.96. The van der Waals surface area contributed by atoms with Gasteiger partial charge in [-0.1, -0.05) is 28.1 Å². The molecule has 0 unspecified atom stereocenters. The molecule has 1 aliphatic heterocycles. The van der Waals surface area contributed by atoms with Crippen molar-refractivity contribution >= 4 is 49.2 Å². The summed E-state index contributed by atoms with van der Waals surface area (Å²) in [4.78, 5) is 25.4. The van der Waals surface area contributed by atoms with Crippen molar-refractivity contribution in [3.8, 4) is 0 Å². The van der Waals surface area contributed by atoms with Gasteiger partial charge in [-0.2, -0.15) is 0 Å². The summed E-state index contributed by atoms with van der Waals surface area (Å²) in [6.45, 7) is 0.220. The molecule has 0 bridgehead atoms. The number of nitrogens with zero attached hydrogens (tertiary/aromatic N) is 1. The van der Waals surface area contributed by atoms with E-state index in [1.165, 1.54) is 17.0 Å². The molecule has 106 valence electrons. The second-order valence-corrected chi connectivity index (χ2v) is 6.40. The summed E-state index contributed by atoms with van der Waals surface area (Å²) >= 11 is 6.38. The Morgan fingerprint density at radius 3 is 2.57 bits per heavy atom. The SMILES string of the molecule is O=C1C(=O)N(Cc2cccc(Br)c2)c2cc(F)c(Br)cc21. The fourth-order valence-electron chi connectivity index (χ4n) is 2.26. The molecule has 0 atom stereocenters. The van der Waals surface area contributed by atoms with E-state index in [-0.39, 0.29) is 16.6 Å². The Hall–Kier alpha value is -1.53. The molecule has 1 amide bonds. The molecule has 6 heteroatoms. The predicted molar refractivity (Wildman–Crippen MR) is 83.8 cm³/mol. The number of ketones is 1. The molecule has 3 nitrogen and oxygen atoms in total. The van der Waals surface area contributed by atoms with Gasteiger partial charge in [0.15, 0.2) is 0 Å². The maximum absolute atomic E-state index is 13.7. The van der Waals surface area contributed by atoms with Crippen LogP contribution in [0.15, 0.2) is 45.3 Å². The van der Waals surface area contributed by atoms with E-state index in [1.807, 2.05) is 24.3 Å². The molecular weight excluding hydrogens is 405 g/mol. The molecule has 0 saturated heterocycles. The average Bonchev–Trinajstić information content (AvgIpc) is 2.65. The number of hydrogen-bond acceptors (Lipinski definition) is 2. The van der Waals surface area contributed by atoms with Crippen LogP contribution in [-0.4, -0.2) is 11.7 Å². The maximum Gasteiger partial charge on any atom is 0.299 e. The van der Waals surface area contributed by atoms with Gasteiger partial charge >= 0.3 is 0 Å². The van der Waals surface area contributed by atoms with Crippen molar-refractivity contribution < 1.29 is 14.0 Å². The summed E-state index contributed by atoms with van der Waals surface area (Å²) in [5.41, 5.74) is 1.38. The minimum atomic E-state index is -0.637. The van der Waals surface area contributed by atoms with Gasteiger partial charge < -0.3 is 4.90 Å². The summed E-state index contributed by atoms with van der Waals surface area (Å²) in [6.07, 6.45) is 0. The van der Waals surface area contributed by atoms with Crippen LogP contribution in [0.4, 0.5) is 10.1 Å². The molecule has 2 aromatic carbocycles. The number of carbonyl (C=O) groups is 2. The summed E-state index contributed by atoms with van der Waals surface area (Å²) in [5.74, 6) is -1.75. The fraction of sp³-hybridized carbons (Fsp3) is 0.0667. The highest BCUT2D eigenvalue weighted by molar-refractivity contribution is 9.10. The van der Waals surface area contributed by atoms with E-state index in [0.717, 1.165) is 10.0 Å². The zero-order valence-corrected chi connectivity index (χ0v) is 13.7. The van der Waals surface area contributed by atoms with Crippen molar-refractivity contribution in [2.24, 2.45) is 0 Å². The van der Waals surface area contributed by atoms with Crippen molar-refractivity contribution in [3.63, 3.8) is 0 Å². The molecule has 1 aliphatic rings. The Bertz CT molecular complexity index is 776. The zero-order valence-electron chi connectivity index (χ0n) is 10.6. The molecular formula is C15H8Br2FNO2. The number of anilines is 1. The van der Waals surface area contributed by atoms with E-state index in [4.69, 9.17) is 0 Å². The van der Waals surface area contributed by atoms with Crippen LogP contribution in [0.5, 0.6) is 0 Å². The van der Waals surface area contributed by atoms with E-state index in [9.17, 15) is 14.0 Å². The Morgan fingerprint density at radius 2 is 1.86 bits per heavy atom. The third-order valence-electron chi connectivity index (χ3n) is 3.24. The fourth-order valence-corrected chi connectivity index (χ4v) is 3.05. The molecule has 0 aliphatic carbocycles. The minimum Gasteiger partial charge on any atom is -0.300 e. The van der Waals surface area contributed by atoms with Gasteiger partial charge in [0.1, 0.15) is 5.82 Å². The largest absolute Gasteiger partial charge is 0.300 e. The van der Waals surface area contributed by atoms with Crippen molar-refractivity contribution in [2.45, 2.75) is 6.54 Å². The molecule has 0 aromatic heterocycles. The van der Waals surface area contributed by atoms with Crippen LogP contribution in [0.25, 0.3) is 0 Å². The van der Waals surface area contributed by atoms with Gasteiger partial charge in [-0.3, -0.25) is 9.59 Å². The van der Waals surface area contributed by atoms with Crippen LogP contribution in [0.2, 0.25) is 0 Å². The van der Waals surface area contributed by atoms with Gasteiger partial charge in [0.2, 0.25) is 0 Å². The smallest absolute Gasteiger partial charge is 0.299 e. The lowest BCUT2D eigenvalue weighted by atomic mass is 10.1. The van der Waals surface area contributed by atoms with Crippen molar-refractivity contribution in [1.29, 1.82) is 0 Å². The standard InChI is InChI=1S/C15H8Br2FNO2/c16-9-3-1-2-8(4-9)7-19-13-6-12(18)11(17)5-10(13)14(20)15(19)21/h1-6H,7H2. The summed E-state index contributed by atoms with van der Waals surface area (Å²) in [7, 11) is 0. The minimum absolute atomic E-state index is 0.173. The first kappa shape index (κ1) is 14.4. The highest BCUT2D eigenvalue weighted by atomic mass is 79.9. The van der Waals surface area contributed by atoms with E-state index >= 15 is 0 Å². The lowest BCUT2D eigenvalue weighted by molar-refractivity contribution is -0.114. The average molecular weight is 413 g/mol. The highest BCUT2D eigenvalue weighted by Gasteiger charge is 2.36. The predicted octanol–water partition coefficient (Wildman–Crippen LogP) is 4.08. The second-order valence-electron chi connectivity index (χ2n) is 4.63. The topological polar surface area (TPSA) is 37.4 Å². The van der Waals surface area contributed by atoms with E-state index in [2.05, 4.69) is 31.9 Å². The molecule has 0 spiro atoms. The van der Waals surface area contributed by atoms with Gasteiger partial charge in [0.25, 0.3) is 11.7 Å². The Kier molecular flexibility index (Phi) is 3.67. The number of fused-ring (bicyclic) bond motifs is 1. The molecule has 1 heterocycles. The number of hydrogen-bond donors (Lipinski definition) is 0. The third-order valence-corrected chi connectivity index (χ3v) is 4.34. The van der Waals surface area contributed by atoms with Crippen molar-refractivity contribution in [2.75, 3.05) is 4.90 Å². The summed E-state index contributed by atoms with van der Waals surface area (Å²) < 4.78 is 14.7. The number of halogens is 3. The van der Waals surface area contributed by atoms with Crippen LogP contribution in [0.3, 0.4) is 0 Å². The van der Waals surface area contributed by atoms with Crippen molar-refractivity contribution in [1.82, 2.24) is 0 Å². The highest BCUT2D eigenvalue weighted by Crippen LogP contribution is 2.34. The monoisotopic (exact) mass is 411 g/mol. The molecule has 2 aromatic rings. The number of Topliss-reactive ketones (excluding diaryl/α,β-unsaturated/α-hetero) is 1. The van der Waals surface area contributed by atoms with Crippen LogP contribution in [0, 0.1) is 5.82 Å². The van der Waals surface area contributed by atoms with Crippen LogP contribution >= 0.6 is 31.9 Å². The maximum atomic E-state index is 13.7. The molecule has 0 radical (unpaired) electrons. The van der Waals surface area contributed by atoms with Crippen LogP contribution in [0.1, 0.15) is 15.9 Å².